The zero-order valence-electron chi connectivity index (χ0n) is 11.8. The lowest BCUT2D eigenvalue weighted by Gasteiger charge is -2.26. The Balaban J connectivity index is 2.05. The second kappa shape index (κ2) is 4.74. The SMILES string of the molecule is CC1(Nc2ccc(C#N)c3ccccc23)CCS(=O)(=O)C1. The van der Waals surface area contributed by atoms with Gasteiger partial charge in [-0.2, -0.15) is 5.26 Å². The lowest BCUT2D eigenvalue weighted by molar-refractivity contribution is 0.574. The molecular formula is C16H16N2O2S. The van der Waals surface area contributed by atoms with Crippen LogP contribution >= 0.6 is 0 Å². The third-order valence-corrected chi connectivity index (χ3v) is 5.89. The van der Waals surface area contributed by atoms with Crippen molar-refractivity contribution in [3.8, 4) is 6.07 Å². The summed E-state index contributed by atoms with van der Waals surface area (Å²) in [6, 6.07) is 13.5. The predicted octanol–water partition coefficient (Wildman–Crippen LogP) is 2.70. The van der Waals surface area contributed by atoms with Gasteiger partial charge in [0.25, 0.3) is 0 Å². The van der Waals surface area contributed by atoms with Crippen LogP contribution in [0, 0.1) is 11.3 Å². The summed E-state index contributed by atoms with van der Waals surface area (Å²) in [6.07, 6.45) is 0.601. The van der Waals surface area contributed by atoms with Crippen LogP contribution < -0.4 is 5.32 Å². The second-order valence-electron chi connectivity index (χ2n) is 5.85. The van der Waals surface area contributed by atoms with Gasteiger partial charge in [-0.25, -0.2) is 8.42 Å². The minimum Gasteiger partial charge on any atom is -0.378 e. The van der Waals surface area contributed by atoms with E-state index in [2.05, 4.69) is 11.4 Å². The quantitative estimate of drug-likeness (QED) is 0.925. The zero-order chi connectivity index (χ0) is 15.1. The summed E-state index contributed by atoms with van der Waals surface area (Å²) < 4.78 is 23.4. The topological polar surface area (TPSA) is 70.0 Å². The number of sulfone groups is 1. The van der Waals surface area contributed by atoms with Crippen molar-refractivity contribution in [2.24, 2.45) is 0 Å². The summed E-state index contributed by atoms with van der Waals surface area (Å²) in [4.78, 5) is 0. The van der Waals surface area contributed by atoms with E-state index in [0.29, 0.717) is 12.0 Å². The van der Waals surface area contributed by atoms with Crippen LogP contribution in [-0.4, -0.2) is 25.5 Å². The average Bonchev–Trinajstić information content (AvgIpc) is 2.73. The monoisotopic (exact) mass is 300 g/mol. The first-order valence-corrected chi connectivity index (χ1v) is 8.65. The van der Waals surface area contributed by atoms with E-state index >= 15 is 0 Å². The van der Waals surface area contributed by atoms with Gasteiger partial charge in [-0.3, -0.25) is 0 Å². The number of anilines is 1. The highest BCUT2D eigenvalue weighted by molar-refractivity contribution is 7.91. The maximum atomic E-state index is 11.7. The summed E-state index contributed by atoms with van der Waals surface area (Å²) in [5.74, 6) is 0.374. The smallest absolute Gasteiger partial charge is 0.152 e. The third-order valence-electron chi connectivity index (χ3n) is 3.98. The molecule has 0 aromatic heterocycles. The molecule has 0 saturated carbocycles. The summed E-state index contributed by atoms with van der Waals surface area (Å²) >= 11 is 0. The highest BCUT2D eigenvalue weighted by Gasteiger charge is 2.38. The van der Waals surface area contributed by atoms with E-state index in [-0.39, 0.29) is 11.5 Å². The molecule has 1 atom stereocenters. The Morgan fingerprint density at radius 2 is 1.90 bits per heavy atom. The molecule has 108 valence electrons. The largest absolute Gasteiger partial charge is 0.378 e. The van der Waals surface area contributed by atoms with E-state index in [1.807, 2.05) is 37.3 Å². The van der Waals surface area contributed by atoms with Gasteiger partial charge < -0.3 is 5.32 Å². The van der Waals surface area contributed by atoms with Crippen LogP contribution in [0.25, 0.3) is 10.8 Å². The number of nitrogens with zero attached hydrogens (tertiary/aromatic N) is 1. The molecule has 0 amide bonds. The number of nitriles is 1. The van der Waals surface area contributed by atoms with Crippen LogP contribution in [0.2, 0.25) is 0 Å². The molecule has 3 rings (SSSR count). The molecule has 0 aliphatic carbocycles. The fourth-order valence-electron chi connectivity index (χ4n) is 2.94. The summed E-state index contributed by atoms with van der Waals surface area (Å²) in [6.45, 7) is 1.94. The lowest BCUT2D eigenvalue weighted by atomic mass is 9.98. The minimum atomic E-state index is -2.95. The molecule has 0 bridgehead atoms. The van der Waals surface area contributed by atoms with Crippen LogP contribution in [0.4, 0.5) is 5.69 Å². The van der Waals surface area contributed by atoms with Crippen molar-refractivity contribution in [3.05, 3.63) is 42.0 Å². The van der Waals surface area contributed by atoms with E-state index in [1.54, 1.807) is 6.07 Å². The van der Waals surface area contributed by atoms with Crippen molar-refractivity contribution in [3.63, 3.8) is 0 Å². The molecule has 2 aromatic rings. The highest BCUT2D eigenvalue weighted by atomic mass is 32.2. The molecule has 1 saturated heterocycles. The van der Waals surface area contributed by atoms with E-state index in [1.165, 1.54) is 0 Å². The molecule has 2 aromatic carbocycles. The predicted molar refractivity (Wildman–Crippen MR) is 84.0 cm³/mol. The fourth-order valence-corrected chi connectivity index (χ4v) is 5.03. The summed E-state index contributed by atoms with van der Waals surface area (Å²) in [5.41, 5.74) is 1.06. The average molecular weight is 300 g/mol. The normalized spacial score (nSPS) is 23.8. The maximum Gasteiger partial charge on any atom is 0.152 e. The molecule has 0 radical (unpaired) electrons. The Hall–Kier alpha value is -2.06. The minimum absolute atomic E-state index is 0.147. The van der Waals surface area contributed by atoms with Crippen molar-refractivity contribution in [2.75, 3.05) is 16.8 Å². The van der Waals surface area contributed by atoms with E-state index in [9.17, 15) is 13.7 Å². The van der Waals surface area contributed by atoms with Gasteiger partial charge in [-0.1, -0.05) is 24.3 Å². The summed E-state index contributed by atoms with van der Waals surface area (Å²) in [5, 5.41) is 14.4. The zero-order valence-corrected chi connectivity index (χ0v) is 12.6. The van der Waals surface area contributed by atoms with Crippen molar-refractivity contribution >= 4 is 26.3 Å². The molecular weight excluding hydrogens is 284 g/mol. The van der Waals surface area contributed by atoms with Crippen molar-refractivity contribution in [2.45, 2.75) is 18.9 Å². The van der Waals surface area contributed by atoms with Gasteiger partial charge in [0.1, 0.15) is 0 Å². The number of hydrogen-bond donors (Lipinski definition) is 1. The molecule has 1 aliphatic rings. The molecule has 1 aliphatic heterocycles. The number of benzene rings is 2. The standard InChI is InChI=1S/C16H16N2O2S/c1-16(8-9-21(19,20)11-16)18-15-7-6-12(10-17)13-4-2-3-5-14(13)15/h2-7,18H,8-9,11H2,1H3. The number of rotatable bonds is 2. The molecule has 1 heterocycles. The first-order chi connectivity index (χ1) is 9.92. The fraction of sp³-hybridized carbons (Fsp3) is 0.312. The van der Waals surface area contributed by atoms with Gasteiger partial charge in [-0.05, 0) is 25.5 Å². The Bertz CT molecular complexity index is 852. The van der Waals surface area contributed by atoms with E-state index in [4.69, 9.17) is 0 Å². The van der Waals surface area contributed by atoms with Crippen LogP contribution in [0.1, 0.15) is 18.9 Å². The number of nitrogens with one attached hydrogen (secondary N) is 1. The second-order valence-corrected chi connectivity index (χ2v) is 8.03. The van der Waals surface area contributed by atoms with Crippen LogP contribution in [0.3, 0.4) is 0 Å². The molecule has 0 spiro atoms. The molecule has 4 nitrogen and oxygen atoms in total. The van der Waals surface area contributed by atoms with Crippen molar-refractivity contribution in [1.82, 2.24) is 0 Å². The van der Waals surface area contributed by atoms with Gasteiger partial charge in [-0.15, -0.1) is 0 Å². The molecule has 1 unspecified atom stereocenters. The van der Waals surface area contributed by atoms with Crippen LogP contribution in [-0.2, 0) is 9.84 Å². The van der Waals surface area contributed by atoms with Crippen molar-refractivity contribution < 1.29 is 8.42 Å². The molecule has 1 fully saturated rings. The molecule has 5 heteroatoms. The third kappa shape index (κ3) is 2.59. The highest BCUT2D eigenvalue weighted by Crippen LogP contribution is 2.32. The Labute approximate surface area is 124 Å². The summed E-state index contributed by atoms with van der Waals surface area (Å²) in [7, 11) is -2.95. The van der Waals surface area contributed by atoms with Crippen LogP contribution in [0.5, 0.6) is 0 Å². The van der Waals surface area contributed by atoms with Gasteiger partial charge in [0.15, 0.2) is 9.84 Å². The first-order valence-electron chi connectivity index (χ1n) is 6.83. The molecule has 1 N–H and O–H groups in total. The Morgan fingerprint density at radius 3 is 2.52 bits per heavy atom. The van der Waals surface area contributed by atoms with E-state index in [0.717, 1.165) is 16.5 Å². The van der Waals surface area contributed by atoms with Gasteiger partial charge in [0.05, 0.1) is 23.1 Å². The van der Waals surface area contributed by atoms with Gasteiger partial charge in [0, 0.05) is 22.0 Å². The Morgan fingerprint density at radius 1 is 1.19 bits per heavy atom. The molecule has 21 heavy (non-hydrogen) atoms. The lowest BCUT2D eigenvalue weighted by Crippen LogP contribution is -2.35. The van der Waals surface area contributed by atoms with Gasteiger partial charge >= 0.3 is 0 Å². The first kappa shape index (κ1) is 13.9. The van der Waals surface area contributed by atoms with E-state index < -0.39 is 15.4 Å². The van der Waals surface area contributed by atoms with Gasteiger partial charge in [0.2, 0.25) is 0 Å². The number of hydrogen-bond acceptors (Lipinski definition) is 4. The Kier molecular flexibility index (Phi) is 3.14. The van der Waals surface area contributed by atoms with Crippen molar-refractivity contribution in [1.29, 1.82) is 5.26 Å². The van der Waals surface area contributed by atoms with Crippen LogP contribution in [0.15, 0.2) is 36.4 Å². The maximum absolute atomic E-state index is 11.7. The number of fused-ring (bicyclic) bond motifs is 1.